The fourth-order valence-corrected chi connectivity index (χ4v) is 2.03. The van der Waals surface area contributed by atoms with Crippen molar-refractivity contribution in [3.05, 3.63) is 35.9 Å². The molecule has 1 unspecified atom stereocenters. The van der Waals surface area contributed by atoms with Crippen molar-refractivity contribution >= 4 is 15.0 Å². The third kappa shape index (κ3) is 2.98. The Morgan fingerprint density at radius 3 is 2.58 bits per heavy atom. The first-order valence-electron chi connectivity index (χ1n) is 4.06. The third-order valence-corrected chi connectivity index (χ3v) is 3.13. The van der Waals surface area contributed by atoms with Gasteiger partial charge in [0.1, 0.15) is 0 Å². The Morgan fingerprint density at radius 2 is 2.00 bits per heavy atom. The molecular formula is C10H14OSe. The predicted molar refractivity (Wildman–Crippen MR) is 52.4 cm³/mol. The fourth-order valence-electron chi connectivity index (χ4n) is 1.07. The quantitative estimate of drug-likeness (QED) is 0.785. The van der Waals surface area contributed by atoms with Crippen molar-refractivity contribution in [1.82, 2.24) is 0 Å². The van der Waals surface area contributed by atoms with E-state index < -0.39 is 0 Å². The molecule has 1 atom stereocenters. The molecule has 1 aromatic carbocycles. The summed E-state index contributed by atoms with van der Waals surface area (Å²) < 4.78 is 0. The molecule has 1 rings (SSSR count). The van der Waals surface area contributed by atoms with Gasteiger partial charge in [0.25, 0.3) is 0 Å². The number of rotatable bonds is 4. The third-order valence-electron chi connectivity index (χ3n) is 1.78. The molecule has 66 valence electrons. The molecule has 0 aliphatic rings. The van der Waals surface area contributed by atoms with Crippen LogP contribution in [0.3, 0.4) is 0 Å². The minimum absolute atomic E-state index is 0.256. The molecular weight excluding hydrogens is 215 g/mol. The van der Waals surface area contributed by atoms with Gasteiger partial charge in [0.05, 0.1) is 0 Å². The Kier molecular flexibility index (Phi) is 4.37. The Bertz CT molecular complexity index is 210. The first-order chi connectivity index (χ1) is 5.84. The second-order valence-electron chi connectivity index (χ2n) is 2.71. The SMILES string of the molecule is C[Se]CCC(O)c1ccccc1. The van der Waals surface area contributed by atoms with Gasteiger partial charge in [-0.2, -0.15) is 0 Å². The normalized spacial score (nSPS) is 12.8. The summed E-state index contributed by atoms with van der Waals surface area (Å²) in [4.78, 5) is 0. The molecule has 2 heteroatoms. The Hall–Kier alpha value is -0.301. The molecule has 0 radical (unpaired) electrons. The first kappa shape index (κ1) is 9.78. The van der Waals surface area contributed by atoms with Gasteiger partial charge in [-0.15, -0.1) is 0 Å². The van der Waals surface area contributed by atoms with Crippen LogP contribution >= 0.6 is 0 Å². The summed E-state index contributed by atoms with van der Waals surface area (Å²) in [6, 6.07) is 9.87. The van der Waals surface area contributed by atoms with Crippen LogP contribution in [-0.2, 0) is 0 Å². The van der Waals surface area contributed by atoms with Gasteiger partial charge in [0, 0.05) is 0 Å². The summed E-state index contributed by atoms with van der Waals surface area (Å²) in [5.74, 6) is 2.20. The summed E-state index contributed by atoms with van der Waals surface area (Å²) in [6.07, 6.45) is 0.647. The van der Waals surface area contributed by atoms with Gasteiger partial charge >= 0.3 is 79.6 Å². The average Bonchev–Trinajstić information content (AvgIpc) is 2.15. The molecule has 0 saturated heterocycles. The van der Waals surface area contributed by atoms with Crippen LogP contribution < -0.4 is 0 Å². The topological polar surface area (TPSA) is 20.2 Å². The van der Waals surface area contributed by atoms with Gasteiger partial charge in [0.2, 0.25) is 0 Å². The van der Waals surface area contributed by atoms with Gasteiger partial charge in [-0.3, -0.25) is 0 Å². The average molecular weight is 229 g/mol. The van der Waals surface area contributed by atoms with E-state index in [-0.39, 0.29) is 6.10 Å². The summed E-state index contributed by atoms with van der Waals surface area (Å²) >= 11 is 0.676. The molecule has 0 saturated carbocycles. The number of hydrogen-bond acceptors (Lipinski definition) is 1. The second-order valence-corrected chi connectivity index (χ2v) is 4.78. The van der Waals surface area contributed by atoms with Crippen LogP contribution in [0.1, 0.15) is 18.1 Å². The van der Waals surface area contributed by atoms with Gasteiger partial charge in [-0.1, -0.05) is 0 Å². The number of hydrogen-bond donors (Lipinski definition) is 1. The maximum absolute atomic E-state index is 9.66. The number of aliphatic hydroxyl groups is 1. The Balaban J connectivity index is 2.48. The van der Waals surface area contributed by atoms with E-state index in [1.165, 1.54) is 0 Å². The van der Waals surface area contributed by atoms with Crippen molar-refractivity contribution in [2.24, 2.45) is 0 Å². The molecule has 0 fully saturated rings. The van der Waals surface area contributed by atoms with E-state index in [1.807, 2.05) is 30.3 Å². The zero-order valence-corrected chi connectivity index (χ0v) is 8.95. The van der Waals surface area contributed by atoms with Gasteiger partial charge in [-0.25, -0.2) is 0 Å². The molecule has 0 heterocycles. The molecule has 0 aromatic heterocycles. The second kappa shape index (κ2) is 5.36. The van der Waals surface area contributed by atoms with E-state index >= 15 is 0 Å². The van der Waals surface area contributed by atoms with E-state index in [0.717, 1.165) is 17.3 Å². The van der Waals surface area contributed by atoms with Crippen molar-refractivity contribution in [2.75, 3.05) is 0 Å². The fraction of sp³-hybridized carbons (Fsp3) is 0.400. The number of aliphatic hydroxyl groups excluding tert-OH is 1. The predicted octanol–water partition coefficient (Wildman–Crippen LogP) is 2.28. The van der Waals surface area contributed by atoms with Crippen LogP contribution in [0.2, 0.25) is 11.1 Å². The minimum atomic E-state index is -0.256. The van der Waals surface area contributed by atoms with Crippen LogP contribution in [0.4, 0.5) is 0 Å². The van der Waals surface area contributed by atoms with Gasteiger partial charge < -0.3 is 0 Å². The van der Waals surface area contributed by atoms with E-state index in [9.17, 15) is 5.11 Å². The van der Waals surface area contributed by atoms with E-state index in [2.05, 4.69) is 5.82 Å². The van der Waals surface area contributed by atoms with Crippen LogP contribution in [0, 0.1) is 0 Å². The molecule has 0 bridgehead atoms. The van der Waals surface area contributed by atoms with Crippen LogP contribution in [0.5, 0.6) is 0 Å². The zero-order valence-electron chi connectivity index (χ0n) is 7.23. The van der Waals surface area contributed by atoms with Crippen molar-refractivity contribution in [3.63, 3.8) is 0 Å². The molecule has 12 heavy (non-hydrogen) atoms. The van der Waals surface area contributed by atoms with E-state index in [1.54, 1.807) is 0 Å². The molecule has 1 aromatic rings. The van der Waals surface area contributed by atoms with Gasteiger partial charge in [-0.05, 0) is 0 Å². The molecule has 0 spiro atoms. The van der Waals surface area contributed by atoms with Crippen molar-refractivity contribution < 1.29 is 5.11 Å². The summed E-state index contributed by atoms with van der Waals surface area (Å²) in [5, 5.41) is 10.8. The molecule has 1 N–H and O–H groups in total. The maximum atomic E-state index is 9.66. The van der Waals surface area contributed by atoms with Crippen molar-refractivity contribution in [1.29, 1.82) is 0 Å². The van der Waals surface area contributed by atoms with E-state index in [0.29, 0.717) is 15.0 Å². The van der Waals surface area contributed by atoms with Crippen LogP contribution in [-0.4, -0.2) is 20.1 Å². The Labute approximate surface area is 80.0 Å². The van der Waals surface area contributed by atoms with E-state index in [4.69, 9.17) is 0 Å². The monoisotopic (exact) mass is 230 g/mol. The molecule has 0 aliphatic heterocycles. The first-order valence-corrected chi connectivity index (χ1v) is 6.99. The van der Waals surface area contributed by atoms with Crippen molar-refractivity contribution in [2.45, 2.75) is 23.7 Å². The standard InChI is InChI=1S/C10H14OSe/c1-12-8-7-10(11)9-5-3-2-4-6-9/h2-6,10-11H,7-8H2,1H3. The summed E-state index contributed by atoms with van der Waals surface area (Å²) in [6.45, 7) is 0. The van der Waals surface area contributed by atoms with Gasteiger partial charge in [0.15, 0.2) is 0 Å². The van der Waals surface area contributed by atoms with Crippen LogP contribution in [0.15, 0.2) is 30.3 Å². The molecule has 0 amide bonds. The molecule has 1 nitrogen and oxygen atoms in total. The van der Waals surface area contributed by atoms with Crippen molar-refractivity contribution in [3.8, 4) is 0 Å². The molecule has 0 aliphatic carbocycles. The number of benzene rings is 1. The summed E-state index contributed by atoms with van der Waals surface area (Å²) in [5.41, 5.74) is 1.04. The van der Waals surface area contributed by atoms with Crippen LogP contribution in [0.25, 0.3) is 0 Å². The Morgan fingerprint density at radius 1 is 1.33 bits per heavy atom. The summed E-state index contributed by atoms with van der Waals surface area (Å²) in [7, 11) is 0. The zero-order chi connectivity index (χ0) is 8.81.